The van der Waals surface area contributed by atoms with Crippen LogP contribution < -0.4 is 5.32 Å². The molecule has 21 heavy (non-hydrogen) atoms. The molecule has 0 fully saturated rings. The summed E-state index contributed by atoms with van der Waals surface area (Å²) in [4.78, 5) is 16.4. The molecule has 0 unspecified atom stereocenters. The lowest BCUT2D eigenvalue weighted by Gasteiger charge is -2.10. The summed E-state index contributed by atoms with van der Waals surface area (Å²) >= 11 is 5.95. The highest BCUT2D eigenvalue weighted by atomic mass is 35.5. The minimum atomic E-state index is -0.304. The highest BCUT2D eigenvalue weighted by Gasteiger charge is 2.12. The predicted octanol–water partition coefficient (Wildman–Crippen LogP) is 4.56. The van der Waals surface area contributed by atoms with Crippen LogP contribution in [-0.4, -0.2) is 10.9 Å². The first kappa shape index (κ1) is 15.4. The van der Waals surface area contributed by atoms with Crippen molar-refractivity contribution in [1.82, 2.24) is 4.98 Å². The van der Waals surface area contributed by atoms with Gasteiger partial charge in [0.25, 0.3) is 5.91 Å². The molecule has 0 saturated carbocycles. The number of nitrogens with one attached hydrogen (secondary N) is 1. The predicted molar refractivity (Wildman–Crippen MR) is 82.4 cm³/mol. The monoisotopic (exact) mass is 306 g/mol. The van der Waals surface area contributed by atoms with Gasteiger partial charge in [-0.15, -0.1) is 0 Å². The first-order valence-corrected chi connectivity index (χ1v) is 6.99. The van der Waals surface area contributed by atoms with Crippen molar-refractivity contribution in [1.29, 1.82) is 0 Å². The van der Waals surface area contributed by atoms with Gasteiger partial charge in [-0.2, -0.15) is 0 Å². The molecule has 0 saturated heterocycles. The fourth-order valence-corrected chi connectivity index (χ4v) is 2.08. The largest absolute Gasteiger partial charge is 0.322 e. The number of hydrogen-bond acceptors (Lipinski definition) is 2. The lowest BCUT2D eigenvalue weighted by atomic mass is 10.1. The molecule has 1 amide bonds. The maximum absolute atomic E-state index is 13.2. The lowest BCUT2D eigenvalue weighted by molar-refractivity contribution is 0.102. The zero-order valence-corrected chi connectivity index (χ0v) is 12.8. The third-order valence-electron chi connectivity index (χ3n) is 3.08. The van der Waals surface area contributed by atoms with E-state index in [2.05, 4.69) is 10.3 Å². The molecule has 2 aromatic rings. The minimum Gasteiger partial charge on any atom is -0.322 e. The van der Waals surface area contributed by atoms with Gasteiger partial charge in [0.1, 0.15) is 11.0 Å². The third kappa shape index (κ3) is 3.79. The molecule has 1 aromatic carbocycles. The summed E-state index contributed by atoms with van der Waals surface area (Å²) < 4.78 is 13.2. The van der Waals surface area contributed by atoms with Gasteiger partial charge < -0.3 is 5.32 Å². The molecule has 0 radical (unpaired) electrons. The molecule has 0 aliphatic carbocycles. The Balaban J connectivity index is 2.25. The average Bonchev–Trinajstić information content (AvgIpc) is 2.42. The van der Waals surface area contributed by atoms with Crippen molar-refractivity contribution in [2.24, 2.45) is 0 Å². The van der Waals surface area contributed by atoms with Crippen LogP contribution in [0.2, 0.25) is 5.15 Å². The summed E-state index contributed by atoms with van der Waals surface area (Å²) in [7, 11) is 0. The van der Waals surface area contributed by atoms with Gasteiger partial charge in [-0.05, 0) is 48.7 Å². The van der Waals surface area contributed by atoms with E-state index in [1.807, 2.05) is 13.8 Å². The zero-order valence-electron chi connectivity index (χ0n) is 12.1. The second-order valence-electron chi connectivity index (χ2n) is 5.18. The Morgan fingerprint density at radius 1 is 1.29 bits per heavy atom. The van der Waals surface area contributed by atoms with Crippen molar-refractivity contribution < 1.29 is 9.18 Å². The highest BCUT2D eigenvalue weighted by molar-refractivity contribution is 6.29. The number of amides is 1. The Morgan fingerprint density at radius 3 is 2.62 bits per heavy atom. The molecule has 0 bridgehead atoms. The van der Waals surface area contributed by atoms with E-state index in [1.165, 1.54) is 18.2 Å². The molecule has 5 heteroatoms. The van der Waals surface area contributed by atoms with Crippen molar-refractivity contribution in [3.8, 4) is 0 Å². The van der Waals surface area contributed by atoms with E-state index >= 15 is 0 Å². The number of halogens is 2. The Hall–Kier alpha value is -1.94. The third-order valence-corrected chi connectivity index (χ3v) is 3.28. The second-order valence-corrected chi connectivity index (χ2v) is 5.56. The topological polar surface area (TPSA) is 42.0 Å². The van der Waals surface area contributed by atoms with Gasteiger partial charge in [-0.3, -0.25) is 4.79 Å². The first-order valence-electron chi connectivity index (χ1n) is 6.62. The maximum Gasteiger partial charge on any atom is 0.255 e. The highest BCUT2D eigenvalue weighted by Crippen LogP contribution is 2.19. The van der Waals surface area contributed by atoms with Gasteiger partial charge in [0.05, 0.1) is 0 Å². The standard InChI is InChI=1S/C16H16ClFN2O/c1-9(2)14-7-11(8-15(17)20-14)16(21)19-12-4-5-13(18)10(3)6-12/h4-9H,1-3H3,(H,19,21). The molecular weight excluding hydrogens is 291 g/mol. The van der Waals surface area contributed by atoms with Crippen LogP contribution in [0.1, 0.15) is 41.4 Å². The summed E-state index contributed by atoms with van der Waals surface area (Å²) in [6.07, 6.45) is 0. The van der Waals surface area contributed by atoms with Crippen LogP contribution >= 0.6 is 11.6 Å². The van der Waals surface area contributed by atoms with Crippen LogP contribution in [0.3, 0.4) is 0 Å². The van der Waals surface area contributed by atoms with Gasteiger partial charge >= 0.3 is 0 Å². The smallest absolute Gasteiger partial charge is 0.255 e. The van der Waals surface area contributed by atoms with Crippen molar-refractivity contribution in [2.45, 2.75) is 26.7 Å². The second kappa shape index (κ2) is 6.22. The molecule has 0 aliphatic rings. The summed E-state index contributed by atoms with van der Waals surface area (Å²) in [5.41, 5.74) is 2.20. The van der Waals surface area contributed by atoms with Crippen LogP contribution in [-0.2, 0) is 0 Å². The number of hydrogen-bond donors (Lipinski definition) is 1. The van der Waals surface area contributed by atoms with Crippen LogP contribution in [0.5, 0.6) is 0 Å². The van der Waals surface area contributed by atoms with Gasteiger partial charge in [0.2, 0.25) is 0 Å². The van der Waals surface area contributed by atoms with Crippen molar-refractivity contribution >= 4 is 23.2 Å². The van der Waals surface area contributed by atoms with Gasteiger partial charge in [0, 0.05) is 16.9 Å². The SMILES string of the molecule is Cc1cc(NC(=O)c2cc(Cl)nc(C(C)C)c2)ccc1F. The van der Waals surface area contributed by atoms with Crippen molar-refractivity contribution in [2.75, 3.05) is 5.32 Å². The number of aromatic nitrogens is 1. The summed E-state index contributed by atoms with van der Waals surface area (Å²) in [5, 5.41) is 3.01. The molecule has 110 valence electrons. The van der Waals surface area contributed by atoms with Crippen molar-refractivity contribution in [3.63, 3.8) is 0 Å². The molecule has 0 spiro atoms. The van der Waals surface area contributed by atoms with Gasteiger partial charge in [0.15, 0.2) is 0 Å². The summed E-state index contributed by atoms with van der Waals surface area (Å²) in [5.74, 6) is -0.433. The quantitative estimate of drug-likeness (QED) is 0.845. The molecule has 0 atom stereocenters. The fraction of sp³-hybridized carbons (Fsp3) is 0.250. The van der Waals surface area contributed by atoms with Crippen LogP contribution in [0.4, 0.5) is 10.1 Å². The number of carbonyl (C=O) groups excluding carboxylic acids is 1. The molecule has 3 nitrogen and oxygen atoms in total. The molecule has 0 aliphatic heterocycles. The van der Waals surface area contributed by atoms with Gasteiger partial charge in [-0.25, -0.2) is 9.37 Å². The van der Waals surface area contributed by atoms with E-state index < -0.39 is 0 Å². The normalized spacial score (nSPS) is 10.8. The van der Waals surface area contributed by atoms with E-state index in [9.17, 15) is 9.18 Å². The number of aryl methyl sites for hydroxylation is 1. The van der Waals surface area contributed by atoms with E-state index in [0.717, 1.165) is 5.69 Å². The average molecular weight is 307 g/mol. The van der Waals surface area contributed by atoms with Crippen LogP contribution in [0, 0.1) is 12.7 Å². The van der Waals surface area contributed by atoms with E-state index in [4.69, 9.17) is 11.6 Å². The Labute approximate surface area is 128 Å². The number of nitrogens with zero attached hydrogens (tertiary/aromatic N) is 1. The fourth-order valence-electron chi connectivity index (χ4n) is 1.87. The van der Waals surface area contributed by atoms with E-state index in [-0.39, 0.29) is 22.8 Å². The minimum absolute atomic E-state index is 0.170. The first-order chi connectivity index (χ1) is 9.86. The van der Waals surface area contributed by atoms with E-state index in [1.54, 1.807) is 19.1 Å². The number of rotatable bonds is 3. The molecule has 2 rings (SSSR count). The number of carbonyl (C=O) groups is 1. The molecule has 1 heterocycles. The number of pyridine rings is 1. The molecular formula is C16H16ClFN2O. The Morgan fingerprint density at radius 2 is 2.00 bits per heavy atom. The Kier molecular flexibility index (Phi) is 4.58. The van der Waals surface area contributed by atoms with Crippen LogP contribution in [0.15, 0.2) is 30.3 Å². The van der Waals surface area contributed by atoms with Crippen molar-refractivity contribution in [3.05, 3.63) is 58.1 Å². The maximum atomic E-state index is 13.2. The number of anilines is 1. The summed E-state index contributed by atoms with van der Waals surface area (Å²) in [6, 6.07) is 7.65. The molecule has 1 N–H and O–H groups in total. The zero-order chi connectivity index (χ0) is 15.6. The van der Waals surface area contributed by atoms with Crippen LogP contribution in [0.25, 0.3) is 0 Å². The van der Waals surface area contributed by atoms with Gasteiger partial charge in [-0.1, -0.05) is 25.4 Å². The lowest BCUT2D eigenvalue weighted by Crippen LogP contribution is -2.13. The summed E-state index contributed by atoms with van der Waals surface area (Å²) in [6.45, 7) is 5.60. The van der Waals surface area contributed by atoms with E-state index in [0.29, 0.717) is 16.8 Å². The number of benzene rings is 1. The molecule has 1 aromatic heterocycles. The Bertz CT molecular complexity index is 686.